The molecule has 2 aromatic rings. The van der Waals surface area contributed by atoms with Gasteiger partial charge in [0.15, 0.2) is 0 Å². The van der Waals surface area contributed by atoms with Gasteiger partial charge in [0.2, 0.25) is 6.26 Å². The van der Waals surface area contributed by atoms with Crippen molar-refractivity contribution in [1.82, 2.24) is 5.16 Å². The second-order valence-corrected chi connectivity index (χ2v) is 2.31. The first-order valence-corrected chi connectivity index (χ1v) is 3.45. The van der Waals surface area contributed by atoms with Crippen molar-refractivity contribution in [2.24, 2.45) is 0 Å². The quantitative estimate of drug-likeness (QED) is 0.642. The van der Waals surface area contributed by atoms with Gasteiger partial charge in [-0.2, -0.15) is 0 Å². The molecular weight excluding hydrogens is 157 g/mol. The van der Waals surface area contributed by atoms with Gasteiger partial charge in [0.1, 0.15) is 11.5 Å². The average Bonchev–Trinajstić information content (AvgIpc) is 2.57. The fraction of sp³-hybridized carbons (Fsp3) is 0. The molecule has 0 aliphatic carbocycles. The van der Waals surface area contributed by atoms with Crippen molar-refractivity contribution < 1.29 is 8.91 Å². The van der Waals surface area contributed by atoms with Gasteiger partial charge < -0.3 is 4.52 Å². The molecule has 0 amide bonds. The summed E-state index contributed by atoms with van der Waals surface area (Å²) >= 11 is 0. The highest BCUT2D eigenvalue weighted by atomic mass is 19.1. The molecule has 3 heteroatoms. The van der Waals surface area contributed by atoms with E-state index in [0.717, 1.165) is 0 Å². The van der Waals surface area contributed by atoms with Crippen LogP contribution in [-0.4, -0.2) is 5.16 Å². The summed E-state index contributed by atoms with van der Waals surface area (Å²) in [4.78, 5) is 0. The van der Waals surface area contributed by atoms with Gasteiger partial charge in [-0.05, 0) is 12.1 Å². The first-order valence-electron chi connectivity index (χ1n) is 3.45. The molecule has 0 spiro atoms. The predicted molar refractivity (Wildman–Crippen MR) is 40.7 cm³/mol. The summed E-state index contributed by atoms with van der Waals surface area (Å²) in [5.74, 6) is -0.306. The van der Waals surface area contributed by atoms with Crippen LogP contribution in [0.3, 0.4) is 0 Å². The Kier molecular flexibility index (Phi) is 1.63. The van der Waals surface area contributed by atoms with E-state index in [1.54, 1.807) is 18.2 Å². The fourth-order valence-electron chi connectivity index (χ4n) is 0.980. The molecule has 0 bridgehead atoms. The Balaban J connectivity index is 2.55. The maximum atomic E-state index is 13.1. The van der Waals surface area contributed by atoms with Crippen molar-refractivity contribution in [3.8, 4) is 11.3 Å². The van der Waals surface area contributed by atoms with Gasteiger partial charge in [0, 0.05) is 11.6 Å². The Labute approximate surface area is 68.6 Å². The number of nitrogens with zero attached hydrogens (tertiary/aromatic N) is 1. The number of hydrogen-bond acceptors (Lipinski definition) is 2. The van der Waals surface area contributed by atoms with Crippen LogP contribution in [0.1, 0.15) is 0 Å². The third-order valence-corrected chi connectivity index (χ3v) is 1.54. The lowest BCUT2D eigenvalue weighted by molar-refractivity contribution is 0.415. The van der Waals surface area contributed by atoms with E-state index in [4.69, 9.17) is 0 Å². The van der Waals surface area contributed by atoms with Crippen LogP contribution in [0.4, 0.5) is 4.39 Å². The molecule has 0 atom stereocenters. The molecular formula is C9H5FNO. The molecule has 1 aromatic carbocycles. The van der Waals surface area contributed by atoms with Crippen molar-refractivity contribution in [1.29, 1.82) is 0 Å². The van der Waals surface area contributed by atoms with Crippen LogP contribution in [-0.2, 0) is 0 Å². The van der Waals surface area contributed by atoms with Gasteiger partial charge in [-0.25, -0.2) is 4.39 Å². The highest BCUT2D eigenvalue weighted by molar-refractivity contribution is 5.58. The van der Waals surface area contributed by atoms with Gasteiger partial charge >= 0.3 is 0 Å². The molecule has 0 unspecified atom stereocenters. The minimum absolute atomic E-state index is 0.306. The van der Waals surface area contributed by atoms with Gasteiger partial charge in [-0.15, -0.1) is 0 Å². The van der Waals surface area contributed by atoms with Gasteiger partial charge in [-0.1, -0.05) is 17.3 Å². The summed E-state index contributed by atoms with van der Waals surface area (Å²) in [7, 11) is 0. The molecule has 2 nitrogen and oxygen atoms in total. The first-order chi connectivity index (χ1) is 5.88. The largest absolute Gasteiger partial charge is 0.352 e. The smallest absolute Gasteiger partial charge is 0.205 e. The molecule has 0 aliphatic rings. The summed E-state index contributed by atoms with van der Waals surface area (Å²) in [5, 5.41) is 3.58. The average molecular weight is 162 g/mol. The topological polar surface area (TPSA) is 26.0 Å². The first kappa shape index (κ1) is 7.03. The van der Waals surface area contributed by atoms with E-state index in [1.807, 2.05) is 0 Å². The number of halogens is 1. The zero-order chi connectivity index (χ0) is 8.39. The molecule has 59 valence electrons. The second kappa shape index (κ2) is 2.77. The second-order valence-electron chi connectivity index (χ2n) is 2.31. The highest BCUT2D eigenvalue weighted by Gasteiger charge is 2.05. The van der Waals surface area contributed by atoms with E-state index in [1.165, 1.54) is 12.1 Å². The van der Waals surface area contributed by atoms with Crippen molar-refractivity contribution in [3.05, 3.63) is 42.4 Å². The van der Waals surface area contributed by atoms with E-state index < -0.39 is 0 Å². The predicted octanol–water partition coefficient (Wildman–Crippen LogP) is 2.28. The molecule has 12 heavy (non-hydrogen) atoms. The van der Waals surface area contributed by atoms with Crippen LogP contribution < -0.4 is 0 Å². The SMILES string of the molecule is Fc1ccccc1-c1c[c]on1. The van der Waals surface area contributed by atoms with Crippen LogP contribution in [0.25, 0.3) is 11.3 Å². The molecule has 0 saturated heterocycles. The highest BCUT2D eigenvalue weighted by Crippen LogP contribution is 2.19. The van der Waals surface area contributed by atoms with E-state index in [0.29, 0.717) is 11.3 Å². The minimum Gasteiger partial charge on any atom is -0.352 e. The number of benzene rings is 1. The normalized spacial score (nSPS) is 10.1. The monoisotopic (exact) mass is 162 g/mol. The van der Waals surface area contributed by atoms with Crippen LogP contribution in [0.5, 0.6) is 0 Å². The van der Waals surface area contributed by atoms with Crippen molar-refractivity contribution in [2.45, 2.75) is 0 Å². The summed E-state index contributed by atoms with van der Waals surface area (Å²) in [6, 6.07) is 7.89. The number of rotatable bonds is 1. The van der Waals surface area contributed by atoms with Crippen LogP contribution in [0, 0.1) is 12.1 Å². The van der Waals surface area contributed by atoms with Crippen molar-refractivity contribution in [2.75, 3.05) is 0 Å². The molecule has 1 radical (unpaired) electrons. The van der Waals surface area contributed by atoms with E-state index in [-0.39, 0.29) is 5.82 Å². The summed E-state index contributed by atoms with van der Waals surface area (Å²) in [5.41, 5.74) is 0.899. The molecule has 0 saturated carbocycles. The number of aromatic nitrogens is 1. The Morgan fingerprint density at radius 3 is 2.83 bits per heavy atom. The standard InChI is InChI=1S/C9H5FNO/c10-8-4-2-1-3-7(8)9-5-6-12-11-9/h1-5H. The Bertz CT molecular complexity index is 370. The van der Waals surface area contributed by atoms with Gasteiger partial charge in [0.05, 0.1) is 0 Å². The molecule has 0 aliphatic heterocycles. The van der Waals surface area contributed by atoms with Crippen LogP contribution in [0.2, 0.25) is 0 Å². The maximum Gasteiger partial charge on any atom is 0.205 e. The maximum absolute atomic E-state index is 13.1. The molecule has 0 N–H and O–H groups in total. The van der Waals surface area contributed by atoms with Crippen molar-refractivity contribution >= 4 is 0 Å². The van der Waals surface area contributed by atoms with E-state index in [2.05, 4.69) is 15.9 Å². The lowest BCUT2D eigenvalue weighted by atomic mass is 10.1. The summed E-state index contributed by atoms with van der Waals surface area (Å²) < 4.78 is 17.5. The number of hydrogen-bond donors (Lipinski definition) is 0. The third kappa shape index (κ3) is 1.09. The molecule has 1 aromatic heterocycles. The van der Waals surface area contributed by atoms with E-state index in [9.17, 15) is 4.39 Å². The lowest BCUT2D eigenvalue weighted by Gasteiger charge is -1.95. The zero-order valence-corrected chi connectivity index (χ0v) is 6.12. The Morgan fingerprint density at radius 2 is 2.17 bits per heavy atom. The molecule has 0 fully saturated rings. The van der Waals surface area contributed by atoms with Gasteiger partial charge in [0.25, 0.3) is 0 Å². The third-order valence-electron chi connectivity index (χ3n) is 1.54. The van der Waals surface area contributed by atoms with Crippen LogP contribution >= 0.6 is 0 Å². The molecule has 2 rings (SSSR count). The fourth-order valence-corrected chi connectivity index (χ4v) is 0.980. The zero-order valence-electron chi connectivity index (χ0n) is 6.12. The lowest BCUT2D eigenvalue weighted by Crippen LogP contribution is -1.81. The summed E-state index contributed by atoms with van der Waals surface area (Å²) in [6.07, 6.45) is 2.40. The van der Waals surface area contributed by atoms with Crippen LogP contribution in [0.15, 0.2) is 34.9 Å². The Morgan fingerprint density at radius 1 is 1.33 bits per heavy atom. The minimum atomic E-state index is -0.306. The van der Waals surface area contributed by atoms with Crippen molar-refractivity contribution in [3.63, 3.8) is 0 Å². The van der Waals surface area contributed by atoms with Gasteiger partial charge in [-0.3, -0.25) is 0 Å². The molecule has 1 heterocycles. The summed E-state index contributed by atoms with van der Waals surface area (Å²) in [6.45, 7) is 0. The Hall–Kier alpha value is -1.64. The van der Waals surface area contributed by atoms with E-state index >= 15 is 0 Å².